The monoisotopic (exact) mass is 353 g/mol. The van der Waals surface area contributed by atoms with Crippen LogP contribution in [0.4, 0.5) is 0 Å². The molecule has 0 N–H and O–H groups in total. The molecule has 1 aromatic rings. The zero-order valence-electron chi connectivity index (χ0n) is 14.1. The summed E-state index contributed by atoms with van der Waals surface area (Å²) >= 11 is 1.38. The average molecular weight is 353 g/mol. The molecule has 0 radical (unpaired) electrons. The van der Waals surface area contributed by atoms with E-state index in [1.807, 2.05) is 16.8 Å². The zero-order valence-corrected chi connectivity index (χ0v) is 14.9. The van der Waals surface area contributed by atoms with Gasteiger partial charge < -0.3 is 19.1 Å². The van der Waals surface area contributed by atoms with Crippen LogP contribution >= 0.6 is 11.8 Å². The van der Waals surface area contributed by atoms with Gasteiger partial charge in [0.25, 0.3) is 0 Å². The van der Waals surface area contributed by atoms with Gasteiger partial charge in [0.05, 0.1) is 18.3 Å². The highest BCUT2D eigenvalue weighted by Crippen LogP contribution is 2.29. The van der Waals surface area contributed by atoms with Crippen LogP contribution in [0.3, 0.4) is 0 Å². The summed E-state index contributed by atoms with van der Waals surface area (Å²) in [6.45, 7) is 2.28. The van der Waals surface area contributed by atoms with Crippen molar-refractivity contribution in [3.8, 4) is 0 Å². The number of piperidine rings is 1. The van der Waals surface area contributed by atoms with Crippen LogP contribution < -0.4 is 0 Å². The van der Waals surface area contributed by atoms with E-state index in [1.165, 1.54) is 11.8 Å². The summed E-state index contributed by atoms with van der Waals surface area (Å²) < 4.78 is 6.91. The van der Waals surface area contributed by atoms with Crippen LogP contribution in [-0.4, -0.2) is 81.5 Å². The molecule has 0 aromatic carbocycles. The summed E-state index contributed by atoms with van der Waals surface area (Å²) in [7, 11) is 3.49. The van der Waals surface area contributed by atoms with Gasteiger partial charge in [-0.05, 0) is 12.8 Å². The van der Waals surface area contributed by atoms with E-state index in [0.29, 0.717) is 32.0 Å². The van der Waals surface area contributed by atoms with Crippen molar-refractivity contribution in [3.63, 3.8) is 0 Å². The smallest absolute Gasteiger partial charge is 0.233 e. The van der Waals surface area contributed by atoms with Gasteiger partial charge in [-0.25, -0.2) is 0 Å². The number of hydrogen-bond donors (Lipinski definition) is 0. The molecule has 2 amide bonds. The number of aryl methyl sites for hydroxylation is 1. The molecule has 3 aliphatic heterocycles. The van der Waals surface area contributed by atoms with Gasteiger partial charge in [-0.1, -0.05) is 11.8 Å². The molecule has 1 aromatic heterocycles. The summed E-state index contributed by atoms with van der Waals surface area (Å²) in [5, 5.41) is 8.52. The lowest BCUT2D eigenvalue weighted by atomic mass is 9.94. The van der Waals surface area contributed by atoms with Crippen LogP contribution in [0.2, 0.25) is 0 Å². The SMILES string of the molecule is COCCN1C(=O)[C@H]2CC[C@@H]1CN(C(=O)CSc1nncn1C)C2. The van der Waals surface area contributed by atoms with E-state index < -0.39 is 0 Å². The number of rotatable bonds is 6. The summed E-state index contributed by atoms with van der Waals surface area (Å²) in [6.07, 6.45) is 3.44. The Morgan fingerprint density at radius 1 is 1.42 bits per heavy atom. The minimum Gasteiger partial charge on any atom is -0.383 e. The molecule has 2 bridgehead atoms. The largest absolute Gasteiger partial charge is 0.383 e. The lowest BCUT2D eigenvalue weighted by molar-refractivity contribution is -0.140. The van der Waals surface area contributed by atoms with Crippen LogP contribution in [0.5, 0.6) is 0 Å². The number of hydrogen-bond acceptors (Lipinski definition) is 6. The van der Waals surface area contributed by atoms with Crippen molar-refractivity contribution < 1.29 is 14.3 Å². The van der Waals surface area contributed by atoms with Gasteiger partial charge in [-0.2, -0.15) is 0 Å². The second kappa shape index (κ2) is 7.52. The molecule has 3 fully saturated rings. The number of carbonyl (C=O) groups excluding carboxylic acids is 2. The van der Waals surface area contributed by atoms with Crippen molar-refractivity contribution >= 4 is 23.6 Å². The van der Waals surface area contributed by atoms with E-state index in [9.17, 15) is 9.59 Å². The molecule has 0 aliphatic carbocycles. The van der Waals surface area contributed by atoms with Gasteiger partial charge in [-0.3, -0.25) is 9.59 Å². The zero-order chi connectivity index (χ0) is 17.1. The Balaban J connectivity index is 1.62. The Morgan fingerprint density at radius 3 is 2.96 bits per heavy atom. The number of amides is 2. The van der Waals surface area contributed by atoms with Crippen molar-refractivity contribution in [1.29, 1.82) is 0 Å². The maximum Gasteiger partial charge on any atom is 0.233 e. The molecule has 132 valence electrons. The quantitative estimate of drug-likeness (QED) is 0.670. The van der Waals surface area contributed by atoms with Gasteiger partial charge in [0, 0.05) is 39.8 Å². The third-order valence-electron chi connectivity index (χ3n) is 4.68. The van der Waals surface area contributed by atoms with Crippen LogP contribution in [0, 0.1) is 5.92 Å². The fourth-order valence-electron chi connectivity index (χ4n) is 3.35. The van der Waals surface area contributed by atoms with E-state index in [2.05, 4.69) is 10.2 Å². The average Bonchev–Trinajstić information content (AvgIpc) is 2.80. The summed E-state index contributed by atoms with van der Waals surface area (Å²) in [4.78, 5) is 28.9. The highest BCUT2D eigenvalue weighted by Gasteiger charge is 2.41. The molecule has 4 heterocycles. The molecule has 4 rings (SSSR count). The maximum atomic E-state index is 12.6. The van der Waals surface area contributed by atoms with E-state index in [0.717, 1.165) is 18.0 Å². The Hall–Kier alpha value is -1.61. The van der Waals surface area contributed by atoms with E-state index >= 15 is 0 Å². The Bertz CT molecular complexity index is 608. The number of fused-ring (bicyclic) bond motifs is 4. The predicted octanol–water partition coefficient (Wildman–Crippen LogP) is 0.00300. The maximum absolute atomic E-state index is 12.6. The predicted molar refractivity (Wildman–Crippen MR) is 88.4 cm³/mol. The molecular formula is C15H23N5O3S. The third-order valence-corrected chi connectivity index (χ3v) is 5.70. The van der Waals surface area contributed by atoms with Crippen molar-refractivity contribution in [2.45, 2.75) is 24.0 Å². The van der Waals surface area contributed by atoms with Crippen molar-refractivity contribution in [3.05, 3.63) is 6.33 Å². The Morgan fingerprint density at radius 2 is 2.25 bits per heavy atom. The van der Waals surface area contributed by atoms with E-state index in [-0.39, 0.29) is 23.8 Å². The molecular weight excluding hydrogens is 330 g/mol. The number of methoxy groups -OCH3 is 1. The van der Waals surface area contributed by atoms with Crippen LogP contribution in [0.15, 0.2) is 11.5 Å². The summed E-state index contributed by atoms with van der Waals surface area (Å²) in [5.74, 6) is 0.461. The summed E-state index contributed by atoms with van der Waals surface area (Å²) in [6, 6.07) is 0.107. The lowest BCUT2D eigenvalue weighted by Crippen LogP contribution is -2.49. The Kier molecular flexibility index (Phi) is 5.40. The highest BCUT2D eigenvalue weighted by atomic mass is 32.2. The van der Waals surface area contributed by atoms with Crippen molar-refractivity contribution in [2.24, 2.45) is 13.0 Å². The second-order valence-electron chi connectivity index (χ2n) is 6.26. The first-order valence-corrected chi connectivity index (χ1v) is 9.12. The molecule has 9 heteroatoms. The first kappa shape index (κ1) is 17.2. The van der Waals surface area contributed by atoms with Crippen molar-refractivity contribution in [1.82, 2.24) is 24.6 Å². The Labute approximate surface area is 145 Å². The van der Waals surface area contributed by atoms with Gasteiger partial charge in [0.15, 0.2) is 5.16 Å². The fraction of sp³-hybridized carbons (Fsp3) is 0.733. The molecule has 24 heavy (non-hydrogen) atoms. The minimum atomic E-state index is -0.0793. The standard InChI is InChI=1S/C15H23N5O3S/c1-18-10-16-17-15(18)24-9-13(21)19-7-11-3-4-12(8-19)20(14(11)22)5-6-23-2/h10-12H,3-9H2,1-2H3/t11-,12+/m0/s1. The lowest BCUT2D eigenvalue weighted by Gasteiger charge is -2.35. The van der Waals surface area contributed by atoms with Crippen molar-refractivity contribution in [2.75, 3.05) is 39.1 Å². The topological polar surface area (TPSA) is 80.6 Å². The van der Waals surface area contributed by atoms with Crippen LogP contribution in [-0.2, 0) is 21.4 Å². The molecule has 0 spiro atoms. The van der Waals surface area contributed by atoms with E-state index in [4.69, 9.17) is 4.74 Å². The number of thioether (sulfide) groups is 1. The molecule has 3 saturated heterocycles. The highest BCUT2D eigenvalue weighted by molar-refractivity contribution is 7.99. The number of aromatic nitrogens is 3. The number of nitrogens with zero attached hydrogens (tertiary/aromatic N) is 5. The minimum absolute atomic E-state index is 0.0568. The van der Waals surface area contributed by atoms with Crippen LogP contribution in [0.25, 0.3) is 0 Å². The van der Waals surface area contributed by atoms with E-state index in [1.54, 1.807) is 18.0 Å². The fourth-order valence-corrected chi connectivity index (χ4v) is 4.14. The first-order chi connectivity index (χ1) is 11.6. The molecule has 8 nitrogen and oxygen atoms in total. The molecule has 0 saturated carbocycles. The third kappa shape index (κ3) is 3.56. The van der Waals surface area contributed by atoms with Crippen LogP contribution in [0.1, 0.15) is 12.8 Å². The first-order valence-electron chi connectivity index (χ1n) is 8.14. The van der Waals surface area contributed by atoms with Gasteiger partial charge in [0.1, 0.15) is 6.33 Å². The molecule has 2 atom stereocenters. The second-order valence-corrected chi connectivity index (χ2v) is 7.21. The van der Waals surface area contributed by atoms with Gasteiger partial charge in [0.2, 0.25) is 11.8 Å². The normalized spacial score (nSPS) is 23.7. The molecule has 3 aliphatic rings. The number of ether oxygens (including phenoxy) is 1. The van der Waals surface area contributed by atoms with Gasteiger partial charge >= 0.3 is 0 Å². The summed E-state index contributed by atoms with van der Waals surface area (Å²) in [5.41, 5.74) is 0. The number of carbonyl (C=O) groups is 2. The molecule has 0 unspecified atom stereocenters. The van der Waals surface area contributed by atoms with Gasteiger partial charge in [-0.15, -0.1) is 10.2 Å².